The number of nitrogens with one attached hydrogen (secondary N) is 1. The molecule has 2 aromatic carbocycles. The molecule has 0 spiro atoms. The fourth-order valence-electron chi connectivity index (χ4n) is 4.00. The fourth-order valence-corrected chi connectivity index (χ4v) is 4.55. The number of thioether (sulfide) groups is 1. The highest BCUT2D eigenvalue weighted by molar-refractivity contribution is 7.99. The van der Waals surface area contributed by atoms with Crippen molar-refractivity contribution in [2.24, 2.45) is 0 Å². The van der Waals surface area contributed by atoms with E-state index in [1.165, 1.54) is 5.56 Å². The van der Waals surface area contributed by atoms with Gasteiger partial charge in [0.15, 0.2) is 0 Å². The SMILES string of the molecule is CCCCOC(=O)C1=C(C)Nc2nc(SCC)nn2C1c1ccc(OCc2cccc(C)c2)cc1. The summed E-state index contributed by atoms with van der Waals surface area (Å²) in [5.74, 6) is 1.91. The molecule has 1 N–H and O–H groups in total. The number of aromatic nitrogens is 3. The van der Waals surface area contributed by atoms with Crippen LogP contribution in [-0.4, -0.2) is 33.1 Å². The lowest BCUT2D eigenvalue weighted by Crippen LogP contribution is -2.29. The Hall–Kier alpha value is -3.26. The summed E-state index contributed by atoms with van der Waals surface area (Å²) in [5.41, 5.74) is 4.51. The third-order valence-electron chi connectivity index (χ3n) is 5.74. The molecule has 1 unspecified atom stereocenters. The molecule has 184 valence electrons. The Morgan fingerprint density at radius 3 is 2.66 bits per heavy atom. The van der Waals surface area contributed by atoms with Gasteiger partial charge < -0.3 is 14.8 Å². The van der Waals surface area contributed by atoms with Crippen molar-refractivity contribution in [3.05, 3.63) is 76.5 Å². The molecule has 0 radical (unpaired) electrons. The van der Waals surface area contributed by atoms with Crippen molar-refractivity contribution >= 4 is 23.7 Å². The number of esters is 1. The van der Waals surface area contributed by atoms with Crippen LogP contribution in [0.15, 0.2) is 65.0 Å². The third kappa shape index (κ3) is 5.88. The molecule has 1 aliphatic rings. The molecule has 0 fully saturated rings. The minimum absolute atomic E-state index is 0.334. The number of benzene rings is 2. The number of rotatable bonds is 10. The van der Waals surface area contributed by atoms with Crippen LogP contribution in [0, 0.1) is 6.92 Å². The van der Waals surface area contributed by atoms with E-state index in [2.05, 4.69) is 49.3 Å². The number of allylic oxidation sites excluding steroid dienone is 1. The van der Waals surface area contributed by atoms with E-state index in [1.54, 1.807) is 16.4 Å². The van der Waals surface area contributed by atoms with Crippen molar-refractivity contribution in [2.75, 3.05) is 17.7 Å². The van der Waals surface area contributed by atoms with Gasteiger partial charge in [-0.2, -0.15) is 4.98 Å². The highest BCUT2D eigenvalue weighted by Gasteiger charge is 2.35. The summed E-state index contributed by atoms with van der Waals surface area (Å²) in [5, 5.41) is 8.62. The number of anilines is 1. The summed E-state index contributed by atoms with van der Waals surface area (Å²) in [6.45, 7) is 8.97. The molecule has 1 atom stereocenters. The van der Waals surface area contributed by atoms with Crippen LogP contribution >= 0.6 is 11.8 Å². The van der Waals surface area contributed by atoms with E-state index in [9.17, 15) is 4.79 Å². The van der Waals surface area contributed by atoms with Gasteiger partial charge in [-0.1, -0.05) is 74.0 Å². The van der Waals surface area contributed by atoms with Crippen LogP contribution in [0.3, 0.4) is 0 Å². The second-order valence-electron chi connectivity index (χ2n) is 8.50. The predicted octanol–water partition coefficient (Wildman–Crippen LogP) is 5.91. The highest BCUT2D eigenvalue weighted by Crippen LogP contribution is 2.37. The summed E-state index contributed by atoms with van der Waals surface area (Å²) >= 11 is 1.56. The standard InChI is InChI=1S/C27H32N4O3S/c1-5-7-15-33-25(32)23-19(4)28-26-29-27(35-6-2)30-31(26)24(23)21-11-13-22(14-12-21)34-17-20-10-8-9-18(3)16-20/h8-14,16,24H,5-7,15,17H2,1-4H3,(H,28,29,30). The molecule has 0 aliphatic carbocycles. The molecule has 0 amide bonds. The minimum Gasteiger partial charge on any atom is -0.489 e. The summed E-state index contributed by atoms with van der Waals surface area (Å²) in [4.78, 5) is 17.8. The van der Waals surface area contributed by atoms with Gasteiger partial charge in [0.25, 0.3) is 0 Å². The fraction of sp³-hybridized carbons (Fsp3) is 0.370. The van der Waals surface area contributed by atoms with Gasteiger partial charge >= 0.3 is 5.97 Å². The van der Waals surface area contributed by atoms with Crippen molar-refractivity contribution in [3.8, 4) is 5.75 Å². The number of ether oxygens (including phenoxy) is 2. The van der Waals surface area contributed by atoms with Crippen molar-refractivity contribution in [1.29, 1.82) is 0 Å². The molecule has 3 aromatic rings. The summed E-state index contributed by atoms with van der Waals surface area (Å²) < 4.78 is 13.4. The number of carbonyl (C=O) groups is 1. The zero-order chi connectivity index (χ0) is 24.8. The first kappa shape index (κ1) is 24.9. The lowest BCUT2D eigenvalue weighted by Gasteiger charge is -2.28. The summed E-state index contributed by atoms with van der Waals surface area (Å²) in [6.07, 6.45) is 1.79. The van der Waals surface area contributed by atoms with Crippen molar-refractivity contribution in [1.82, 2.24) is 14.8 Å². The Morgan fingerprint density at radius 2 is 1.94 bits per heavy atom. The molecular formula is C27H32N4O3S. The number of carbonyl (C=O) groups excluding carboxylic acids is 1. The van der Waals surface area contributed by atoms with Gasteiger partial charge in [0.1, 0.15) is 18.4 Å². The Labute approximate surface area is 210 Å². The molecule has 4 rings (SSSR count). The van der Waals surface area contributed by atoms with Gasteiger partial charge in [-0.25, -0.2) is 9.48 Å². The van der Waals surface area contributed by atoms with Gasteiger partial charge in [0.05, 0.1) is 12.2 Å². The van der Waals surface area contributed by atoms with Crippen molar-refractivity contribution in [2.45, 2.75) is 58.3 Å². The van der Waals surface area contributed by atoms with E-state index in [4.69, 9.17) is 14.6 Å². The molecule has 1 aromatic heterocycles. The highest BCUT2D eigenvalue weighted by atomic mass is 32.2. The van der Waals surface area contributed by atoms with Crippen LogP contribution in [0.2, 0.25) is 0 Å². The molecule has 2 heterocycles. The molecule has 0 bridgehead atoms. The normalized spacial score (nSPS) is 14.9. The van der Waals surface area contributed by atoms with Crippen LogP contribution in [0.4, 0.5) is 5.95 Å². The topological polar surface area (TPSA) is 78.3 Å². The van der Waals surface area contributed by atoms with Crippen LogP contribution in [0.5, 0.6) is 5.75 Å². The first-order chi connectivity index (χ1) is 17.0. The lowest BCUT2D eigenvalue weighted by molar-refractivity contribution is -0.139. The molecule has 1 aliphatic heterocycles. The number of unbranched alkanes of at least 4 members (excludes halogenated alkanes) is 1. The number of hydrogen-bond donors (Lipinski definition) is 1. The van der Waals surface area contributed by atoms with Crippen molar-refractivity contribution < 1.29 is 14.3 Å². The van der Waals surface area contributed by atoms with E-state index >= 15 is 0 Å². The largest absolute Gasteiger partial charge is 0.489 e. The van der Waals surface area contributed by atoms with Crippen LogP contribution in [0.25, 0.3) is 0 Å². The Kier molecular flexibility index (Phi) is 8.13. The monoisotopic (exact) mass is 492 g/mol. The average Bonchev–Trinajstić information content (AvgIpc) is 3.24. The maximum absolute atomic E-state index is 13.2. The summed E-state index contributed by atoms with van der Waals surface area (Å²) in [7, 11) is 0. The second kappa shape index (κ2) is 11.4. The molecule has 35 heavy (non-hydrogen) atoms. The Balaban J connectivity index is 1.61. The van der Waals surface area contributed by atoms with Gasteiger partial charge in [-0.15, -0.1) is 5.10 Å². The molecule has 7 nitrogen and oxygen atoms in total. The van der Waals surface area contributed by atoms with Crippen LogP contribution in [-0.2, 0) is 16.1 Å². The Bertz CT molecular complexity index is 1200. The van der Waals surface area contributed by atoms with E-state index < -0.39 is 6.04 Å². The van der Waals surface area contributed by atoms with Gasteiger partial charge in [-0.05, 0) is 49.3 Å². The first-order valence-corrected chi connectivity index (χ1v) is 13.0. The number of hydrogen-bond acceptors (Lipinski definition) is 7. The zero-order valence-corrected chi connectivity index (χ0v) is 21.5. The molecular weight excluding hydrogens is 460 g/mol. The minimum atomic E-state index is -0.440. The quantitative estimate of drug-likeness (QED) is 0.214. The van der Waals surface area contributed by atoms with E-state index in [1.807, 2.05) is 37.3 Å². The smallest absolute Gasteiger partial charge is 0.338 e. The number of fused-ring (bicyclic) bond motifs is 1. The van der Waals surface area contributed by atoms with Crippen LogP contribution in [0.1, 0.15) is 56.3 Å². The molecule has 0 saturated heterocycles. The van der Waals surface area contributed by atoms with Crippen LogP contribution < -0.4 is 10.1 Å². The van der Waals surface area contributed by atoms with E-state index in [-0.39, 0.29) is 5.97 Å². The number of nitrogens with zero attached hydrogens (tertiary/aromatic N) is 3. The second-order valence-corrected chi connectivity index (χ2v) is 9.73. The predicted molar refractivity (Wildman–Crippen MR) is 139 cm³/mol. The zero-order valence-electron chi connectivity index (χ0n) is 20.7. The Morgan fingerprint density at radius 1 is 1.14 bits per heavy atom. The van der Waals surface area contributed by atoms with E-state index in [0.29, 0.717) is 29.9 Å². The van der Waals surface area contributed by atoms with Gasteiger partial charge in [-0.3, -0.25) is 0 Å². The average molecular weight is 493 g/mol. The van der Waals surface area contributed by atoms with Gasteiger partial charge in [0, 0.05) is 5.70 Å². The third-order valence-corrected chi connectivity index (χ3v) is 6.46. The van der Waals surface area contributed by atoms with E-state index in [0.717, 1.165) is 41.2 Å². The first-order valence-electron chi connectivity index (χ1n) is 12.0. The maximum atomic E-state index is 13.2. The maximum Gasteiger partial charge on any atom is 0.338 e. The van der Waals surface area contributed by atoms with Crippen molar-refractivity contribution in [3.63, 3.8) is 0 Å². The summed E-state index contributed by atoms with van der Waals surface area (Å²) in [6, 6.07) is 15.7. The molecule has 0 saturated carbocycles. The lowest BCUT2D eigenvalue weighted by atomic mass is 9.96. The van der Waals surface area contributed by atoms with Gasteiger partial charge in [0.2, 0.25) is 11.1 Å². The number of aryl methyl sites for hydroxylation is 1. The molecule has 8 heteroatoms.